The molecule has 20 heavy (non-hydrogen) atoms. The van der Waals surface area contributed by atoms with E-state index < -0.39 is 0 Å². The Bertz CT molecular complexity index is 637. The summed E-state index contributed by atoms with van der Waals surface area (Å²) in [5.41, 5.74) is 12.2. The molecule has 0 aliphatic carbocycles. The van der Waals surface area contributed by atoms with Crippen molar-refractivity contribution < 1.29 is 0 Å². The molecule has 3 heteroatoms. The van der Waals surface area contributed by atoms with E-state index in [1.54, 1.807) is 0 Å². The zero-order valence-electron chi connectivity index (χ0n) is 11.7. The van der Waals surface area contributed by atoms with Crippen molar-refractivity contribution in [3.8, 4) is 0 Å². The molecule has 1 aliphatic heterocycles. The number of fused-ring (bicyclic) bond motifs is 1. The van der Waals surface area contributed by atoms with Crippen LogP contribution in [0.2, 0.25) is 0 Å². The number of hydrogen-bond donors (Lipinski definition) is 1. The van der Waals surface area contributed by atoms with E-state index in [0.717, 1.165) is 23.2 Å². The average Bonchev–Trinajstić information content (AvgIpc) is 2.43. The van der Waals surface area contributed by atoms with Gasteiger partial charge in [-0.3, -0.25) is 0 Å². The van der Waals surface area contributed by atoms with Crippen LogP contribution in [0, 0.1) is 6.92 Å². The molecule has 0 spiro atoms. The van der Waals surface area contributed by atoms with Gasteiger partial charge in [0.1, 0.15) is 0 Å². The van der Waals surface area contributed by atoms with Crippen molar-refractivity contribution in [1.82, 2.24) is 0 Å². The van der Waals surface area contributed by atoms with E-state index in [0.29, 0.717) is 0 Å². The number of anilines is 2. The third kappa shape index (κ3) is 2.68. The SMILES string of the molecule is Cc1ccc2c(c1)CCCN2Cc1ccc(Br)c(N)c1. The van der Waals surface area contributed by atoms with Crippen LogP contribution < -0.4 is 10.6 Å². The largest absolute Gasteiger partial charge is 0.398 e. The minimum atomic E-state index is 0.809. The molecule has 2 aromatic carbocycles. The van der Waals surface area contributed by atoms with E-state index in [1.165, 1.54) is 35.2 Å². The molecule has 0 fully saturated rings. The molecule has 0 saturated carbocycles. The van der Waals surface area contributed by atoms with Crippen LogP contribution >= 0.6 is 15.9 Å². The zero-order valence-corrected chi connectivity index (χ0v) is 13.3. The van der Waals surface area contributed by atoms with Crippen LogP contribution in [0.15, 0.2) is 40.9 Å². The number of nitrogens with two attached hydrogens (primary N) is 1. The Labute approximate surface area is 128 Å². The number of halogens is 1. The van der Waals surface area contributed by atoms with Crippen molar-refractivity contribution >= 4 is 27.3 Å². The van der Waals surface area contributed by atoms with Crippen molar-refractivity contribution in [3.63, 3.8) is 0 Å². The van der Waals surface area contributed by atoms with Gasteiger partial charge in [0, 0.05) is 28.9 Å². The summed E-state index contributed by atoms with van der Waals surface area (Å²) in [4.78, 5) is 2.46. The summed E-state index contributed by atoms with van der Waals surface area (Å²) in [5.74, 6) is 0. The molecule has 1 heterocycles. The van der Waals surface area contributed by atoms with E-state index in [4.69, 9.17) is 5.73 Å². The third-order valence-corrected chi connectivity index (χ3v) is 4.61. The van der Waals surface area contributed by atoms with Crippen LogP contribution in [-0.2, 0) is 13.0 Å². The maximum absolute atomic E-state index is 5.97. The van der Waals surface area contributed by atoms with E-state index in [9.17, 15) is 0 Å². The van der Waals surface area contributed by atoms with Gasteiger partial charge < -0.3 is 10.6 Å². The van der Waals surface area contributed by atoms with Gasteiger partial charge in [-0.1, -0.05) is 23.8 Å². The maximum atomic E-state index is 5.97. The van der Waals surface area contributed by atoms with Crippen molar-refractivity contribution in [2.45, 2.75) is 26.3 Å². The number of benzene rings is 2. The van der Waals surface area contributed by atoms with Crippen molar-refractivity contribution in [3.05, 3.63) is 57.6 Å². The lowest BCUT2D eigenvalue weighted by atomic mass is 9.99. The zero-order chi connectivity index (χ0) is 14.1. The Kier molecular flexibility index (Phi) is 3.70. The second kappa shape index (κ2) is 5.49. The molecule has 0 aromatic heterocycles. The summed E-state index contributed by atoms with van der Waals surface area (Å²) < 4.78 is 0.968. The highest BCUT2D eigenvalue weighted by Crippen LogP contribution is 2.30. The summed E-state index contributed by atoms with van der Waals surface area (Å²) in [6.07, 6.45) is 2.42. The van der Waals surface area contributed by atoms with Gasteiger partial charge in [-0.25, -0.2) is 0 Å². The lowest BCUT2D eigenvalue weighted by molar-refractivity contribution is 0.691. The second-order valence-electron chi connectivity index (χ2n) is 5.51. The Hall–Kier alpha value is -1.48. The minimum Gasteiger partial charge on any atom is -0.398 e. The van der Waals surface area contributed by atoms with E-state index in [-0.39, 0.29) is 0 Å². The fourth-order valence-corrected chi connectivity index (χ4v) is 3.13. The molecule has 104 valence electrons. The van der Waals surface area contributed by atoms with E-state index in [1.807, 2.05) is 6.07 Å². The van der Waals surface area contributed by atoms with Crippen LogP contribution in [0.3, 0.4) is 0 Å². The first-order valence-corrected chi connectivity index (χ1v) is 7.81. The molecule has 0 bridgehead atoms. The molecule has 0 unspecified atom stereocenters. The highest BCUT2D eigenvalue weighted by molar-refractivity contribution is 9.10. The predicted octanol–water partition coefficient (Wildman–Crippen LogP) is 4.29. The van der Waals surface area contributed by atoms with Crippen LogP contribution in [-0.4, -0.2) is 6.54 Å². The molecule has 1 aliphatic rings. The second-order valence-corrected chi connectivity index (χ2v) is 6.37. The molecule has 0 radical (unpaired) electrons. The first-order chi connectivity index (χ1) is 9.63. The Balaban J connectivity index is 1.87. The van der Waals surface area contributed by atoms with Gasteiger partial charge in [0.05, 0.1) is 0 Å². The quantitative estimate of drug-likeness (QED) is 0.832. The highest BCUT2D eigenvalue weighted by atomic mass is 79.9. The molecular weight excluding hydrogens is 312 g/mol. The Morgan fingerprint density at radius 1 is 1.20 bits per heavy atom. The maximum Gasteiger partial charge on any atom is 0.0461 e. The third-order valence-electron chi connectivity index (χ3n) is 3.88. The molecule has 2 N–H and O–H groups in total. The first-order valence-electron chi connectivity index (χ1n) is 7.02. The Morgan fingerprint density at radius 3 is 2.85 bits per heavy atom. The fraction of sp³-hybridized carbons (Fsp3) is 0.294. The summed E-state index contributed by atoms with van der Waals surface area (Å²) in [6, 6.07) is 13.0. The first kappa shape index (κ1) is 13.5. The molecule has 2 nitrogen and oxygen atoms in total. The predicted molar refractivity (Wildman–Crippen MR) is 89.1 cm³/mol. The van der Waals surface area contributed by atoms with Gasteiger partial charge in [0.25, 0.3) is 0 Å². The van der Waals surface area contributed by atoms with Crippen molar-refractivity contribution in [2.24, 2.45) is 0 Å². The number of nitrogens with zero attached hydrogens (tertiary/aromatic N) is 1. The van der Waals surface area contributed by atoms with Gasteiger partial charge in [0.15, 0.2) is 0 Å². The topological polar surface area (TPSA) is 29.3 Å². The van der Waals surface area contributed by atoms with Crippen LogP contribution in [0.25, 0.3) is 0 Å². The molecule has 0 atom stereocenters. The van der Waals surface area contributed by atoms with Crippen molar-refractivity contribution in [2.75, 3.05) is 17.2 Å². The lowest BCUT2D eigenvalue weighted by Gasteiger charge is -2.31. The van der Waals surface area contributed by atoms with Gasteiger partial charge >= 0.3 is 0 Å². The number of hydrogen-bond acceptors (Lipinski definition) is 2. The van der Waals surface area contributed by atoms with Gasteiger partial charge in [-0.2, -0.15) is 0 Å². The van der Waals surface area contributed by atoms with E-state index >= 15 is 0 Å². The molecule has 3 rings (SSSR count). The number of aryl methyl sites for hydroxylation is 2. The van der Waals surface area contributed by atoms with E-state index in [2.05, 4.69) is 58.1 Å². The minimum absolute atomic E-state index is 0.809. The standard InChI is InChI=1S/C17H19BrN2/c1-12-4-7-17-14(9-12)3-2-8-20(17)11-13-5-6-15(18)16(19)10-13/h4-7,9-10H,2-3,8,11,19H2,1H3. The van der Waals surface area contributed by atoms with Crippen molar-refractivity contribution in [1.29, 1.82) is 0 Å². The van der Waals surface area contributed by atoms with Crippen LogP contribution in [0.5, 0.6) is 0 Å². The summed E-state index contributed by atoms with van der Waals surface area (Å²) >= 11 is 3.45. The summed E-state index contributed by atoms with van der Waals surface area (Å²) in [6.45, 7) is 4.20. The van der Waals surface area contributed by atoms with Crippen LogP contribution in [0.4, 0.5) is 11.4 Å². The molecular formula is C17H19BrN2. The smallest absolute Gasteiger partial charge is 0.0461 e. The molecule has 2 aromatic rings. The lowest BCUT2D eigenvalue weighted by Crippen LogP contribution is -2.28. The highest BCUT2D eigenvalue weighted by Gasteiger charge is 2.17. The number of nitrogen functional groups attached to an aromatic ring is 1. The monoisotopic (exact) mass is 330 g/mol. The average molecular weight is 331 g/mol. The summed E-state index contributed by atoms with van der Waals surface area (Å²) in [7, 11) is 0. The Morgan fingerprint density at radius 2 is 2.05 bits per heavy atom. The fourth-order valence-electron chi connectivity index (χ4n) is 2.88. The number of rotatable bonds is 2. The van der Waals surface area contributed by atoms with Gasteiger partial charge in [0.2, 0.25) is 0 Å². The summed E-state index contributed by atoms with van der Waals surface area (Å²) in [5, 5.41) is 0. The van der Waals surface area contributed by atoms with Crippen LogP contribution in [0.1, 0.15) is 23.1 Å². The normalized spacial score (nSPS) is 14.2. The molecule has 0 saturated heterocycles. The van der Waals surface area contributed by atoms with Gasteiger partial charge in [-0.05, 0) is 65.0 Å². The molecule has 0 amide bonds. The van der Waals surface area contributed by atoms with Gasteiger partial charge in [-0.15, -0.1) is 0 Å².